The molecule has 0 fully saturated rings. The highest BCUT2D eigenvalue weighted by Gasteiger charge is 2.15. The lowest BCUT2D eigenvalue weighted by Gasteiger charge is -2.13. The van der Waals surface area contributed by atoms with E-state index in [1.807, 2.05) is 6.92 Å². The lowest BCUT2D eigenvalue weighted by Crippen LogP contribution is -2.32. The zero-order valence-electron chi connectivity index (χ0n) is 20.0. The fourth-order valence-electron chi connectivity index (χ4n) is 3.01. The predicted octanol–water partition coefficient (Wildman–Crippen LogP) is 4.29. The summed E-state index contributed by atoms with van der Waals surface area (Å²) in [6, 6.07) is 15.4. The van der Waals surface area contributed by atoms with Crippen LogP contribution >= 0.6 is 11.6 Å². The summed E-state index contributed by atoms with van der Waals surface area (Å²) in [6.45, 7) is 3.69. The van der Waals surface area contributed by atoms with Crippen molar-refractivity contribution in [3.63, 3.8) is 0 Å². The summed E-state index contributed by atoms with van der Waals surface area (Å²) >= 11 is 5.98. The first-order valence-corrected chi connectivity index (χ1v) is 11.5. The molecule has 0 aliphatic heterocycles. The lowest BCUT2D eigenvalue weighted by molar-refractivity contribution is -0.136. The molecule has 3 aromatic carbocycles. The first-order chi connectivity index (χ1) is 17.8. The Kier molecular flexibility index (Phi) is 9.56. The molecule has 0 saturated carbocycles. The van der Waals surface area contributed by atoms with Gasteiger partial charge in [-0.25, -0.2) is 9.82 Å². The Morgan fingerprint density at radius 1 is 0.946 bits per heavy atom. The number of ether oxygens (including phenoxy) is 2. The van der Waals surface area contributed by atoms with Crippen LogP contribution < -0.4 is 25.5 Å². The van der Waals surface area contributed by atoms with E-state index < -0.39 is 17.6 Å². The van der Waals surface area contributed by atoms with Crippen LogP contribution in [0, 0.1) is 12.7 Å². The normalized spacial score (nSPS) is 10.6. The molecular weight excluding hydrogens is 503 g/mol. The molecule has 3 rings (SSSR count). The van der Waals surface area contributed by atoms with E-state index in [0.717, 1.165) is 11.6 Å². The summed E-state index contributed by atoms with van der Waals surface area (Å²) in [4.78, 5) is 36.2. The molecule has 0 spiro atoms. The molecule has 11 heteroatoms. The summed E-state index contributed by atoms with van der Waals surface area (Å²) in [5.74, 6) is -2.53. The van der Waals surface area contributed by atoms with E-state index in [9.17, 15) is 18.8 Å². The average Bonchev–Trinajstić information content (AvgIpc) is 2.87. The molecule has 9 nitrogen and oxygen atoms in total. The van der Waals surface area contributed by atoms with Gasteiger partial charge in [-0.15, -0.1) is 0 Å². The maximum absolute atomic E-state index is 13.6. The second kappa shape index (κ2) is 13.0. The SMILES string of the molecule is CCOc1cc(/C=N\NC(=O)C(=O)Nc2ccccc2F)ccc1OCC(=O)Nc1cc(Cl)ccc1C. The number of anilines is 2. The molecule has 37 heavy (non-hydrogen) atoms. The molecule has 0 atom stereocenters. The van der Waals surface area contributed by atoms with Gasteiger partial charge in [0.2, 0.25) is 0 Å². The zero-order valence-corrected chi connectivity index (χ0v) is 20.8. The van der Waals surface area contributed by atoms with Crippen LogP contribution in [-0.2, 0) is 14.4 Å². The van der Waals surface area contributed by atoms with Crippen molar-refractivity contribution in [2.24, 2.45) is 5.10 Å². The molecule has 0 aliphatic rings. The van der Waals surface area contributed by atoms with E-state index in [4.69, 9.17) is 21.1 Å². The number of nitrogens with one attached hydrogen (secondary N) is 3. The number of hydrogen-bond donors (Lipinski definition) is 3. The summed E-state index contributed by atoms with van der Waals surface area (Å²) in [7, 11) is 0. The number of halogens is 2. The molecule has 0 heterocycles. The summed E-state index contributed by atoms with van der Waals surface area (Å²) < 4.78 is 24.8. The third-order valence-corrected chi connectivity index (χ3v) is 5.04. The molecule has 0 aromatic heterocycles. The second-order valence-electron chi connectivity index (χ2n) is 7.57. The van der Waals surface area contributed by atoms with Gasteiger partial charge in [0.05, 0.1) is 18.5 Å². The quantitative estimate of drug-likeness (QED) is 0.218. The van der Waals surface area contributed by atoms with E-state index in [0.29, 0.717) is 34.4 Å². The summed E-state index contributed by atoms with van der Waals surface area (Å²) in [6.07, 6.45) is 1.29. The Morgan fingerprint density at radius 2 is 1.73 bits per heavy atom. The van der Waals surface area contributed by atoms with Crippen molar-refractivity contribution in [3.8, 4) is 11.5 Å². The van der Waals surface area contributed by atoms with E-state index in [-0.39, 0.29) is 18.2 Å². The van der Waals surface area contributed by atoms with Crippen molar-refractivity contribution in [1.82, 2.24) is 5.43 Å². The molecule has 3 aromatic rings. The summed E-state index contributed by atoms with van der Waals surface area (Å²) in [5.41, 5.74) is 3.90. The van der Waals surface area contributed by atoms with Crippen LogP contribution in [0.15, 0.2) is 65.8 Å². The van der Waals surface area contributed by atoms with Crippen molar-refractivity contribution in [2.75, 3.05) is 23.8 Å². The van der Waals surface area contributed by atoms with Gasteiger partial charge in [-0.2, -0.15) is 5.10 Å². The third kappa shape index (κ3) is 8.04. The molecule has 0 aliphatic carbocycles. The topological polar surface area (TPSA) is 118 Å². The van der Waals surface area contributed by atoms with Gasteiger partial charge in [-0.3, -0.25) is 14.4 Å². The Hall–Kier alpha value is -4.44. The fraction of sp³-hybridized carbons (Fsp3) is 0.154. The Balaban J connectivity index is 1.58. The number of aryl methyl sites for hydroxylation is 1. The molecule has 0 saturated heterocycles. The third-order valence-electron chi connectivity index (χ3n) is 4.81. The molecule has 3 amide bonds. The molecule has 192 valence electrons. The highest BCUT2D eigenvalue weighted by molar-refractivity contribution is 6.39. The van der Waals surface area contributed by atoms with Crippen LogP contribution in [0.3, 0.4) is 0 Å². The average molecular weight is 527 g/mol. The maximum atomic E-state index is 13.6. The van der Waals surface area contributed by atoms with Crippen LogP contribution in [0.1, 0.15) is 18.1 Å². The van der Waals surface area contributed by atoms with Crippen LogP contribution in [0.2, 0.25) is 5.02 Å². The largest absolute Gasteiger partial charge is 0.490 e. The number of nitrogens with zero attached hydrogens (tertiary/aromatic N) is 1. The van der Waals surface area contributed by atoms with E-state index in [2.05, 4.69) is 21.2 Å². The number of carbonyl (C=O) groups excluding carboxylic acids is 3. The van der Waals surface area contributed by atoms with Gasteiger partial charge < -0.3 is 20.1 Å². The van der Waals surface area contributed by atoms with Crippen LogP contribution in [-0.4, -0.2) is 37.1 Å². The highest BCUT2D eigenvalue weighted by Crippen LogP contribution is 2.28. The number of carbonyl (C=O) groups is 3. The Labute approximate surface area is 217 Å². The van der Waals surface area contributed by atoms with Gasteiger partial charge in [0.1, 0.15) is 5.82 Å². The van der Waals surface area contributed by atoms with Gasteiger partial charge in [0.15, 0.2) is 18.1 Å². The van der Waals surface area contributed by atoms with Gasteiger partial charge in [0, 0.05) is 10.7 Å². The standard InChI is InChI=1S/C26H24ClFN4O5/c1-3-36-23-12-17(14-29-32-26(35)25(34)31-20-7-5-4-6-19(20)28)9-11-22(23)37-15-24(33)30-21-13-18(27)10-8-16(21)2/h4-14H,3,15H2,1-2H3,(H,30,33)(H,31,34)(H,32,35)/b29-14-. The number of hydrazone groups is 1. The van der Waals surface area contributed by atoms with Crippen molar-refractivity contribution in [3.05, 3.63) is 82.6 Å². The van der Waals surface area contributed by atoms with Crippen molar-refractivity contribution < 1.29 is 28.2 Å². The predicted molar refractivity (Wildman–Crippen MR) is 139 cm³/mol. The number of para-hydroxylation sites is 1. The molecule has 0 bridgehead atoms. The van der Waals surface area contributed by atoms with Gasteiger partial charge in [-0.05, 0) is 67.4 Å². The van der Waals surface area contributed by atoms with E-state index >= 15 is 0 Å². The van der Waals surface area contributed by atoms with Crippen LogP contribution in [0.25, 0.3) is 0 Å². The highest BCUT2D eigenvalue weighted by atomic mass is 35.5. The molecular formula is C26H24ClFN4O5. The van der Waals surface area contributed by atoms with E-state index in [1.165, 1.54) is 24.4 Å². The first kappa shape index (κ1) is 27.2. The van der Waals surface area contributed by atoms with Crippen LogP contribution in [0.5, 0.6) is 11.5 Å². The van der Waals surface area contributed by atoms with Gasteiger partial charge in [-0.1, -0.05) is 29.8 Å². The van der Waals surface area contributed by atoms with E-state index in [1.54, 1.807) is 43.3 Å². The molecule has 0 radical (unpaired) electrons. The zero-order chi connectivity index (χ0) is 26.8. The van der Waals surface area contributed by atoms with Gasteiger partial charge >= 0.3 is 11.8 Å². The fourth-order valence-corrected chi connectivity index (χ4v) is 3.18. The Bertz CT molecular complexity index is 1330. The van der Waals surface area contributed by atoms with Crippen molar-refractivity contribution >= 4 is 46.9 Å². The maximum Gasteiger partial charge on any atom is 0.329 e. The molecule has 3 N–H and O–H groups in total. The number of amides is 3. The molecule has 0 unspecified atom stereocenters. The Morgan fingerprint density at radius 3 is 2.49 bits per heavy atom. The first-order valence-electron chi connectivity index (χ1n) is 11.1. The van der Waals surface area contributed by atoms with Crippen molar-refractivity contribution in [1.29, 1.82) is 0 Å². The minimum Gasteiger partial charge on any atom is -0.490 e. The van der Waals surface area contributed by atoms with Gasteiger partial charge in [0.25, 0.3) is 5.91 Å². The number of hydrogen-bond acceptors (Lipinski definition) is 6. The smallest absolute Gasteiger partial charge is 0.329 e. The van der Waals surface area contributed by atoms with Crippen molar-refractivity contribution in [2.45, 2.75) is 13.8 Å². The van der Waals surface area contributed by atoms with Crippen LogP contribution in [0.4, 0.5) is 15.8 Å². The number of benzene rings is 3. The monoisotopic (exact) mass is 526 g/mol. The summed E-state index contributed by atoms with van der Waals surface area (Å²) in [5, 5.41) is 9.15. The minimum atomic E-state index is -1.08. The minimum absolute atomic E-state index is 0.125. The lowest BCUT2D eigenvalue weighted by atomic mass is 10.2. The second-order valence-corrected chi connectivity index (χ2v) is 8.00. The number of rotatable bonds is 9.